The molecule has 1 amide bonds. The number of carboxylic acid groups (broad SMARTS) is 1. The Morgan fingerprint density at radius 2 is 2.00 bits per heavy atom. The number of aliphatic carboxylic acids is 1. The molecule has 0 saturated heterocycles. The first-order chi connectivity index (χ1) is 8.90. The zero-order valence-electron chi connectivity index (χ0n) is 10.8. The van der Waals surface area contributed by atoms with Crippen molar-refractivity contribution in [3.8, 4) is 0 Å². The molecule has 1 N–H and O–H groups in total. The van der Waals surface area contributed by atoms with Crippen LogP contribution in [0.25, 0.3) is 0 Å². The van der Waals surface area contributed by atoms with E-state index in [9.17, 15) is 14.0 Å². The SMILES string of the molecule is CN(C)CCN(CC(=O)O)C(=O)c1cccc(F)n1. The summed E-state index contributed by atoms with van der Waals surface area (Å²) in [7, 11) is 3.62. The highest BCUT2D eigenvalue weighted by molar-refractivity contribution is 5.94. The number of rotatable bonds is 6. The van der Waals surface area contributed by atoms with E-state index in [4.69, 9.17) is 5.11 Å². The lowest BCUT2D eigenvalue weighted by Crippen LogP contribution is -2.40. The van der Waals surface area contributed by atoms with Gasteiger partial charge in [0.2, 0.25) is 5.95 Å². The molecule has 0 atom stereocenters. The molecule has 1 heterocycles. The smallest absolute Gasteiger partial charge is 0.323 e. The van der Waals surface area contributed by atoms with Gasteiger partial charge in [0.1, 0.15) is 12.2 Å². The predicted octanol–water partition coefficient (Wildman–Crippen LogP) is 0.309. The Morgan fingerprint density at radius 1 is 1.32 bits per heavy atom. The summed E-state index contributed by atoms with van der Waals surface area (Å²) in [5.41, 5.74) is -0.0972. The van der Waals surface area contributed by atoms with Crippen LogP contribution in [0.5, 0.6) is 0 Å². The minimum atomic E-state index is -1.12. The molecule has 0 saturated carbocycles. The van der Waals surface area contributed by atoms with Crippen molar-refractivity contribution in [3.05, 3.63) is 29.8 Å². The number of amides is 1. The zero-order valence-corrected chi connectivity index (χ0v) is 10.8. The molecule has 7 heteroatoms. The minimum Gasteiger partial charge on any atom is -0.480 e. The van der Waals surface area contributed by atoms with E-state index in [0.29, 0.717) is 6.54 Å². The van der Waals surface area contributed by atoms with Gasteiger partial charge in [-0.05, 0) is 26.2 Å². The average Bonchev–Trinajstić information content (AvgIpc) is 2.33. The molecular formula is C12H16FN3O3. The quantitative estimate of drug-likeness (QED) is 0.752. The highest BCUT2D eigenvalue weighted by Gasteiger charge is 2.19. The molecule has 0 aromatic carbocycles. The molecule has 104 valence electrons. The Morgan fingerprint density at radius 3 is 2.53 bits per heavy atom. The highest BCUT2D eigenvalue weighted by Crippen LogP contribution is 2.03. The first-order valence-corrected chi connectivity index (χ1v) is 5.68. The van der Waals surface area contributed by atoms with E-state index in [1.165, 1.54) is 12.1 Å². The van der Waals surface area contributed by atoms with Gasteiger partial charge in [-0.1, -0.05) is 6.07 Å². The molecule has 1 aromatic rings. The number of hydrogen-bond acceptors (Lipinski definition) is 4. The monoisotopic (exact) mass is 269 g/mol. The molecule has 0 spiro atoms. The number of carboxylic acids is 1. The van der Waals surface area contributed by atoms with Crippen LogP contribution >= 0.6 is 0 Å². The third-order valence-corrected chi connectivity index (χ3v) is 2.36. The van der Waals surface area contributed by atoms with Gasteiger partial charge in [0, 0.05) is 13.1 Å². The van der Waals surface area contributed by atoms with E-state index < -0.39 is 24.4 Å². The second-order valence-corrected chi connectivity index (χ2v) is 4.27. The van der Waals surface area contributed by atoms with Crippen molar-refractivity contribution in [2.45, 2.75) is 0 Å². The first kappa shape index (κ1) is 15.0. The second kappa shape index (κ2) is 6.79. The van der Waals surface area contributed by atoms with Gasteiger partial charge in [-0.25, -0.2) is 4.98 Å². The summed E-state index contributed by atoms with van der Waals surface area (Å²) in [6.07, 6.45) is 0. The summed E-state index contributed by atoms with van der Waals surface area (Å²) in [4.78, 5) is 29.2. The van der Waals surface area contributed by atoms with Gasteiger partial charge < -0.3 is 14.9 Å². The van der Waals surface area contributed by atoms with Gasteiger partial charge in [0.05, 0.1) is 0 Å². The second-order valence-electron chi connectivity index (χ2n) is 4.27. The number of halogens is 1. The van der Waals surface area contributed by atoms with Gasteiger partial charge in [0.25, 0.3) is 5.91 Å². The van der Waals surface area contributed by atoms with Crippen LogP contribution in [0.1, 0.15) is 10.5 Å². The lowest BCUT2D eigenvalue weighted by molar-refractivity contribution is -0.137. The molecule has 0 aliphatic rings. The average molecular weight is 269 g/mol. The molecule has 19 heavy (non-hydrogen) atoms. The number of pyridine rings is 1. The lowest BCUT2D eigenvalue weighted by Gasteiger charge is -2.22. The summed E-state index contributed by atoms with van der Waals surface area (Å²) < 4.78 is 13.0. The Hall–Kier alpha value is -2.02. The van der Waals surface area contributed by atoms with Crippen molar-refractivity contribution in [1.29, 1.82) is 0 Å². The Balaban J connectivity index is 2.83. The van der Waals surface area contributed by atoms with Gasteiger partial charge in [-0.3, -0.25) is 9.59 Å². The molecule has 0 radical (unpaired) electrons. The van der Waals surface area contributed by atoms with E-state index in [1.807, 2.05) is 19.0 Å². The highest BCUT2D eigenvalue weighted by atomic mass is 19.1. The van der Waals surface area contributed by atoms with E-state index in [-0.39, 0.29) is 12.2 Å². The summed E-state index contributed by atoms with van der Waals surface area (Å²) >= 11 is 0. The Kier molecular flexibility index (Phi) is 5.37. The van der Waals surface area contributed by atoms with Crippen LogP contribution in [0, 0.1) is 5.95 Å². The third kappa shape index (κ3) is 5.01. The normalized spacial score (nSPS) is 10.5. The van der Waals surface area contributed by atoms with Crippen molar-refractivity contribution >= 4 is 11.9 Å². The molecule has 1 aromatic heterocycles. The summed E-state index contributed by atoms with van der Waals surface area (Å²) in [5, 5.41) is 8.80. The molecule has 6 nitrogen and oxygen atoms in total. The van der Waals surface area contributed by atoms with Crippen molar-refractivity contribution in [3.63, 3.8) is 0 Å². The van der Waals surface area contributed by atoms with Crippen LogP contribution in [0.2, 0.25) is 0 Å². The fraction of sp³-hybridized carbons (Fsp3) is 0.417. The fourth-order valence-electron chi connectivity index (χ4n) is 1.43. The van der Waals surface area contributed by atoms with Crippen molar-refractivity contribution in [1.82, 2.24) is 14.8 Å². The van der Waals surface area contributed by atoms with E-state index in [2.05, 4.69) is 4.98 Å². The summed E-state index contributed by atoms with van der Waals surface area (Å²) in [5.74, 6) is -2.49. The molecule has 0 aliphatic carbocycles. The zero-order chi connectivity index (χ0) is 14.4. The number of carbonyl (C=O) groups is 2. The van der Waals surface area contributed by atoms with Gasteiger partial charge in [-0.2, -0.15) is 4.39 Å². The molecule has 0 unspecified atom stereocenters. The number of hydrogen-bond donors (Lipinski definition) is 1. The van der Waals surface area contributed by atoms with Crippen LogP contribution in [0.4, 0.5) is 4.39 Å². The van der Waals surface area contributed by atoms with Crippen LogP contribution < -0.4 is 0 Å². The minimum absolute atomic E-state index is 0.0972. The maximum absolute atomic E-state index is 13.0. The molecule has 0 bridgehead atoms. The Labute approximate surface area is 110 Å². The summed E-state index contributed by atoms with van der Waals surface area (Å²) in [6, 6.07) is 3.84. The van der Waals surface area contributed by atoms with Gasteiger partial charge in [0.15, 0.2) is 0 Å². The van der Waals surface area contributed by atoms with Crippen LogP contribution in [-0.2, 0) is 4.79 Å². The van der Waals surface area contributed by atoms with E-state index >= 15 is 0 Å². The molecule has 0 aliphatic heterocycles. The number of carbonyl (C=O) groups excluding carboxylic acids is 1. The summed E-state index contributed by atoms with van der Waals surface area (Å²) in [6.45, 7) is 0.301. The predicted molar refractivity (Wildman–Crippen MR) is 66.3 cm³/mol. The molecular weight excluding hydrogens is 253 g/mol. The number of likely N-dealkylation sites (N-methyl/N-ethyl adjacent to an activating group) is 1. The van der Waals surface area contributed by atoms with Crippen LogP contribution in [0.15, 0.2) is 18.2 Å². The number of aromatic nitrogens is 1. The van der Waals surface area contributed by atoms with E-state index in [0.717, 1.165) is 11.0 Å². The molecule has 1 rings (SSSR count). The largest absolute Gasteiger partial charge is 0.480 e. The fourth-order valence-corrected chi connectivity index (χ4v) is 1.43. The van der Waals surface area contributed by atoms with Crippen molar-refractivity contribution in [2.24, 2.45) is 0 Å². The first-order valence-electron chi connectivity index (χ1n) is 5.68. The maximum Gasteiger partial charge on any atom is 0.323 e. The van der Waals surface area contributed by atoms with Crippen LogP contribution in [-0.4, -0.2) is 65.5 Å². The lowest BCUT2D eigenvalue weighted by atomic mass is 10.3. The van der Waals surface area contributed by atoms with Crippen molar-refractivity contribution < 1.29 is 19.1 Å². The van der Waals surface area contributed by atoms with Gasteiger partial charge >= 0.3 is 5.97 Å². The van der Waals surface area contributed by atoms with Crippen molar-refractivity contribution in [2.75, 3.05) is 33.7 Å². The topological polar surface area (TPSA) is 73.7 Å². The van der Waals surface area contributed by atoms with Crippen LogP contribution in [0.3, 0.4) is 0 Å². The number of nitrogens with zero attached hydrogens (tertiary/aromatic N) is 3. The standard InChI is InChI=1S/C12H16FN3O3/c1-15(2)6-7-16(8-11(17)18)12(19)9-4-3-5-10(13)14-9/h3-5H,6-8H2,1-2H3,(H,17,18). The third-order valence-electron chi connectivity index (χ3n) is 2.36. The van der Waals surface area contributed by atoms with E-state index in [1.54, 1.807) is 0 Å². The maximum atomic E-state index is 13.0. The molecule has 0 fully saturated rings. The van der Waals surface area contributed by atoms with Gasteiger partial charge in [-0.15, -0.1) is 0 Å². The Bertz CT molecular complexity index is 465.